The Hall–Kier alpha value is -1.94. The SMILES string of the molecule is O=C(O)c1nnn(CC(O)C(F)(F)F)c1-c1cccs1. The zero-order valence-corrected chi connectivity index (χ0v) is 10.5. The first-order chi connectivity index (χ1) is 9.30. The van der Waals surface area contributed by atoms with Crippen molar-refractivity contribution in [1.29, 1.82) is 0 Å². The van der Waals surface area contributed by atoms with Crippen molar-refractivity contribution in [3.05, 3.63) is 23.2 Å². The van der Waals surface area contributed by atoms with Gasteiger partial charge in [-0.15, -0.1) is 16.4 Å². The summed E-state index contributed by atoms with van der Waals surface area (Å²) in [5, 5.41) is 26.4. The molecule has 0 aliphatic heterocycles. The molecule has 2 rings (SSSR count). The van der Waals surface area contributed by atoms with E-state index < -0.39 is 30.5 Å². The van der Waals surface area contributed by atoms with Gasteiger partial charge in [0.25, 0.3) is 0 Å². The predicted octanol–water partition coefficient (Wildman–Crippen LogP) is 1.63. The van der Waals surface area contributed by atoms with Crippen molar-refractivity contribution in [2.45, 2.75) is 18.8 Å². The number of rotatable bonds is 4. The number of hydrogen-bond donors (Lipinski definition) is 2. The number of carboxylic acid groups (broad SMARTS) is 1. The fourth-order valence-corrected chi connectivity index (χ4v) is 2.28. The second-order valence-electron chi connectivity index (χ2n) is 3.81. The van der Waals surface area contributed by atoms with E-state index in [2.05, 4.69) is 10.3 Å². The molecular weight excluding hydrogens is 299 g/mol. The van der Waals surface area contributed by atoms with E-state index in [0.29, 0.717) is 4.88 Å². The normalized spacial score (nSPS) is 13.4. The number of aromatic carboxylic acids is 1. The van der Waals surface area contributed by atoms with Crippen LogP contribution in [0, 0.1) is 0 Å². The molecule has 1 atom stereocenters. The zero-order chi connectivity index (χ0) is 14.9. The number of aliphatic hydroxyl groups is 1. The molecule has 0 saturated heterocycles. The number of carboxylic acids is 1. The Kier molecular flexibility index (Phi) is 3.77. The lowest BCUT2D eigenvalue weighted by Crippen LogP contribution is -2.33. The van der Waals surface area contributed by atoms with Gasteiger partial charge < -0.3 is 10.2 Å². The molecule has 0 radical (unpaired) electrons. The number of aliphatic hydroxyl groups excluding tert-OH is 1. The molecule has 0 aliphatic carbocycles. The van der Waals surface area contributed by atoms with Crippen LogP contribution in [0.3, 0.4) is 0 Å². The van der Waals surface area contributed by atoms with Crippen molar-refractivity contribution in [3.8, 4) is 10.6 Å². The highest BCUT2D eigenvalue weighted by Gasteiger charge is 2.39. The number of halogens is 3. The van der Waals surface area contributed by atoms with Crippen LogP contribution >= 0.6 is 11.3 Å². The van der Waals surface area contributed by atoms with Crippen LogP contribution in [0.25, 0.3) is 10.6 Å². The van der Waals surface area contributed by atoms with Gasteiger partial charge in [-0.3, -0.25) is 0 Å². The maximum absolute atomic E-state index is 12.3. The molecule has 6 nitrogen and oxygen atoms in total. The van der Waals surface area contributed by atoms with Crippen LogP contribution in [0.4, 0.5) is 13.2 Å². The van der Waals surface area contributed by atoms with Gasteiger partial charge in [0.2, 0.25) is 0 Å². The van der Waals surface area contributed by atoms with Crippen LogP contribution in [0.2, 0.25) is 0 Å². The third-order valence-electron chi connectivity index (χ3n) is 2.42. The molecule has 2 heterocycles. The highest BCUT2D eigenvalue weighted by Crippen LogP contribution is 2.29. The van der Waals surface area contributed by atoms with Gasteiger partial charge in [0, 0.05) is 0 Å². The molecule has 2 aromatic rings. The molecule has 0 fully saturated rings. The number of alkyl halides is 3. The number of aromatic nitrogens is 3. The Morgan fingerprint density at radius 1 is 1.50 bits per heavy atom. The second kappa shape index (κ2) is 5.21. The van der Waals surface area contributed by atoms with Crippen molar-refractivity contribution >= 4 is 17.3 Å². The van der Waals surface area contributed by atoms with Crippen LogP contribution in [0.5, 0.6) is 0 Å². The lowest BCUT2D eigenvalue weighted by atomic mass is 10.2. The van der Waals surface area contributed by atoms with Crippen molar-refractivity contribution < 1.29 is 28.2 Å². The molecule has 0 bridgehead atoms. The van der Waals surface area contributed by atoms with Crippen molar-refractivity contribution in [1.82, 2.24) is 15.0 Å². The van der Waals surface area contributed by atoms with Gasteiger partial charge in [0.1, 0.15) is 5.69 Å². The van der Waals surface area contributed by atoms with Gasteiger partial charge >= 0.3 is 12.1 Å². The first-order valence-electron chi connectivity index (χ1n) is 5.26. The summed E-state index contributed by atoms with van der Waals surface area (Å²) in [6.45, 7) is -0.920. The summed E-state index contributed by atoms with van der Waals surface area (Å²) in [6, 6.07) is 3.15. The Labute approximate surface area is 114 Å². The third kappa shape index (κ3) is 2.80. The minimum absolute atomic E-state index is 0.0594. The largest absolute Gasteiger partial charge is 0.476 e. The minimum Gasteiger partial charge on any atom is -0.476 e. The van der Waals surface area contributed by atoms with E-state index in [4.69, 9.17) is 10.2 Å². The van der Waals surface area contributed by atoms with E-state index in [1.165, 1.54) is 6.07 Å². The van der Waals surface area contributed by atoms with Crippen LogP contribution in [-0.2, 0) is 6.54 Å². The molecule has 10 heteroatoms. The van der Waals surface area contributed by atoms with Crippen LogP contribution in [0.1, 0.15) is 10.5 Å². The quantitative estimate of drug-likeness (QED) is 0.896. The zero-order valence-electron chi connectivity index (χ0n) is 9.70. The van der Waals surface area contributed by atoms with E-state index in [1.807, 2.05) is 0 Å². The maximum atomic E-state index is 12.3. The van der Waals surface area contributed by atoms with Gasteiger partial charge in [-0.2, -0.15) is 13.2 Å². The van der Waals surface area contributed by atoms with E-state index in [9.17, 15) is 18.0 Å². The molecule has 108 valence electrons. The van der Waals surface area contributed by atoms with Gasteiger partial charge in [0.15, 0.2) is 11.8 Å². The average molecular weight is 307 g/mol. The van der Waals surface area contributed by atoms with Gasteiger partial charge in [-0.1, -0.05) is 11.3 Å². The van der Waals surface area contributed by atoms with Crippen molar-refractivity contribution in [2.75, 3.05) is 0 Å². The summed E-state index contributed by atoms with van der Waals surface area (Å²) >= 11 is 1.13. The Bertz CT molecular complexity index is 609. The van der Waals surface area contributed by atoms with Crippen LogP contribution in [-0.4, -0.2) is 43.5 Å². The minimum atomic E-state index is -4.82. The summed E-state index contributed by atoms with van der Waals surface area (Å²) in [4.78, 5) is 11.4. The van der Waals surface area contributed by atoms with Crippen LogP contribution in [0.15, 0.2) is 17.5 Å². The molecule has 0 saturated carbocycles. The summed E-state index contributed by atoms with van der Waals surface area (Å²) < 4.78 is 37.8. The number of carbonyl (C=O) groups is 1. The molecule has 0 aliphatic rings. The highest BCUT2D eigenvalue weighted by atomic mass is 32.1. The van der Waals surface area contributed by atoms with E-state index in [-0.39, 0.29) is 5.69 Å². The first-order valence-corrected chi connectivity index (χ1v) is 6.14. The molecule has 2 aromatic heterocycles. The van der Waals surface area contributed by atoms with Crippen LogP contribution < -0.4 is 0 Å². The first kappa shape index (κ1) is 14.5. The standard InChI is InChI=1S/C10H8F3N3O3S/c11-10(12,13)6(17)4-16-8(5-2-1-3-20-5)7(9(18)19)14-15-16/h1-3,6,17H,4H2,(H,18,19). The smallest absolute Gasteiger partial charge is 0.416 e. The molecule has 0 amide bonds. The molecule has 0 aromatic carbocycles. The molecule has 1 unspecified atom stereocenters. The third-order valence-corrected chi connectivity index (χ3v) is 3.29. The van der Waals surface area contributed by atoms with E-state index in [1.54, 1.807) is 11.4 Å². The molecular formula is C10H8F3N3O3S. The lowest BCUT2D eigenvalue weighted by molar-refractivity contribution is -0.207. The summed E-state index contributed by atoms with van der Waals surface area (Å²) in [5.41, 5.74) is -0.516. The Morgan fingerprint density at radius 2 is 2.20 bits per heavy atom. The summed E-state index contributed by atoms with van der Waals surface area (Å²) in [7, 11) is 0. The van der Waals surface area contributed by atoms with Crippen molar-refractivity contribution in [2.24, 2.45) is 0 Å². The lowest BCUT2D eigenvalue weighted by Gasteiger charge is -2.15. The highest BCUT2D eigenvalue weighted by molar-refractivity contribution is 7.13. The predicted molar refractivity (Wildman–Crippen MR) is 62.4 cm³/mol. The topological polar surface area (TPSA) is 88.2 Å². The van der Waals surface area contributed by atoms with Gasteiger partial charge in [-0.25, -0.2) is 9.48 Å². The summed E-state index contributed by atoms with van der Waals surface area (Å²) in [6.07, 6.45) is -7.47. The number of nitrogens with zero attached hydrogens (tertiary/aromatic N) is 3. The summed E-state index contributed by atoms with van der Waals surface area (Å²) in [5.74, 6) is -1.40. The second-order valence-corrected chi connectivity index (χ2v) is 4.76. The number of hydrogen-bond acceptors (Lipinski definition) is 5. The van der Waals surface area contributed by atoms with Crippen molar-refractivity contribution in [3.63, 3.8) is 0 Å². The van der Waals surface area contributed by atoms with Gasteiger partial charge in [-0.05, 0) is 11.4 Å². The monoisotopic (exact) mass is 307 g/mol. The van der Waals surface area contributed by atoms with E-state index in [0.717, 1.165) is 16.0 Å². The average Bonchev–Trinajstić information content (AvgIpc) is 2.94. The van der Waals surface area contributed by atoms with Gasteiger partial charge in [0.05, 0.1) is 11.4 Å². The fourth-order valence-electron chi connectivity index (χ4n) is 1.51. The maximum Gasteiger partial charge on any atom is 0.416 e. The molecule has 2 N–H and O–H groups in total. The molecule has 0 spiro atoms. The number of thiophene rings is 1. The Balaban J connectivity index is 2.42. The Morgan fingerprint density at radius 3 is 2.70 bits per heavy atom. The molecule has 20 heavy (non-hydrogen) atoms. The van der Waals surface area contributed by atoms with E-state index >= 15 is 0 Å². The fraction of sp³-hybridized carbons (Fsp3) is 0.300.